The van der Waals surface area contributed by atoms with E-state index in [0.717, 1.165) is 18.6 Å². The second kappa shape index (κ2) is 8.60. The Hall–Kier alpha value is -0.980. The predicted octanol–water partition coefficient (Wildman–Crippen LogP) is 6.88. The van der Waals surface area contributed by atoms with Crippen molar-refractivity contribution in [2.75, 3.05) is 0 Å². The third-order valence-electron chi connectivity index (χ3n) is 4.62. The van der Waals surface area contributed by atoms with Crippen LogP contribution in [0.4, 0.5) is 0 Å². The van der Waals surface area contributed by atoms with E-state index in [-0.39, 0.29) is 16.9 Å². The standard InChI is InChI=1S/C19H32O.C2H6/c1-9-18(5,6)15-11-12-17(20-14(3)4)16(13-15)19(7,8)10-2;1-2/h11-14H,9-10H2,1-8H3;1-2H3. The van der Waals surface area contributed by atoms with Gasteiger partial charge in [0.25, 0.3) is 0 Å². The Morgan fingerprint density at radius 3 is 1.82 bits per heavy atom. The van der Waals surface area contributed by atoms with Crippen molar-refractivity contribution in [1.82, 2.24) is 0 Å². The van der Waals surface area contributed by atoms with E-state index in [1.807, 2.05) is 13.8 Å². The molecule has 1 aromatic carbocycles. The fraction of sp³-hybridized carbons (Fsp3) is 0.714. The second-order valence-corrected chi connectivity index (χ2v) is 7.35. The fourth-order valence-electron chi connectivity index (χ4n) is 2.23. The van der Waals surface area contributed by atoms with Gasteiger partial charge in [-0.1, -0.05) is 67.5 Å². The summed E-state index contributed by atoms with van der Waals surface area (Å²) in [5, 5.41) is 0. The lowest BCUT2D eigenvalue weighted by molar-refractivity contribution is 0.235. The van der Waals surface area contributed by atoms with Gasteiger partial charge in [-0.05, 0) is 49.1 Å². The van der Waals surface area contributed by atoms with Gasteiger partial charge in [-0.3, -0.25) is 0 Å². The number of benzene rings is 1. The molecule has 0 radical (unpaired) electrons. The van der Waals surface area contributed by atoms with Crippen molar-refractivity contribution in [3.8, 4) is 5.75 Å². The van der Waals surface area contributed by atoms with Gasteiger partial charge < -0.3 is 4.74 Å². The van der Waals surface area contributed by atoms with Gasteiger partial charge in [0.15, 0.2) is 0 Å². The molecule has 1 aromatic rings. The van der Waals surface area contributed by atoms with Crippen LogP contribution in [0.5, 0.6) is 5.75 Å². The molecule has 0 aliphatic carbocycles. The minimum absolute atomic E-state index is 0.143. The number of hydrogen-bond donors (Lipinski definition) is 0. The summed E-state index contributed by atoms with van der Waals surface area (Å²) in [7, 11) is 0. The molecule has 128 valence electrons. The smallest absolute Gasteiger partial charge is 0.123 e. The van der Waals surface area contributed by atoms with E-state index in [9.17, 15) is 0 Å². The van der Waals surface area contributed by atoms with Gasteiger partial charge in [-0.25, -0.2) is 0 Å². The van der Waals surface area contributed by atoms with Crippen LogP contribution >= 0.6 is 0 Å². The average Bonchev–Trinajstić information content (AvgIpc) is 2.48. The first-order valence-corrected chi connectivity index (χ1v) is 8.95. The Balaban J connectivity index is 0.00000211. The van der Waals surface area contributed by atoms with Crippen molar-refractivity contribution in [2.24, 2.45) is 0 Å². The molecule has 0 aliphatic rings. The zero-order valence-electron chi connectivity index (χ0n) is 16.6. The molecule has 0 heterocycles. The van der Waals surface area contributed by atoms with Crippen LogP contribution in [0.2, 0.25) is 0 Å². The number of hydrogen-bond acceptors (Lipinski definition) is 1. The lowest BCUT2D eigenvalue weighted by Gasteiger charge is -2.31. The molecule has 0 fully saturated rings. The molecule has 22 heavy (non-hydrogen) atoms. The summed E-state index contributed by atoms with van der Waals surface area (Å²) < 4.78 is 6.03. The molecule has 0 atom stereocenters. The van der Waals surface area contributed by atoms with Gasteiger partial charge in [-0.2, -0.15) is 0 Å². The number of rotatable bonds is 6. The van der Waals surface area contributed by atoms with E-state index in [1.165, 1.54) is 11.1 Å². The fourth-order valence-corrected chi connectivity index (χ4v) is 2.23. The van der Waals surface area contributed by atoms with E-state index < -0.39 is 0 Å². The molecule has 1 heteroatoms. The van der Waals surface area contributed by atoms with Crippen LogP contribution in [0, 0.1) is 0 Å². The average molecular weight is 307 g/mol. The van der Waals surface area contributed by atoms with Crippen LogP contribution < -0.4 is 4.74 Å². The van der Waals surface area contributed by atoms with Crippen LogP contribution in [0.1, 0.15) is 93.2 Å². The minimum atomic E-state index is 0.143. The van der Waals surface area contributed by atoms with Crippen molar-refractivity contribution in [1.29, 1.82) is 0 Å². The summed E-state index contributed by atoms with van der Waals surface area (Å²) in [5.41, 5.74) is 3.11. The normalized spacial score (nSPS) is 12.0. The van der Waals surface area contributed by atoms with E-state index >= 15 is 0 Å². The van der Waals surface area contributed by atoms with Crippen molar-refractivity contribution >= 4 is 0 Å². The van der Waals surface area contributed by atoms with Crippen LogP contribution in [0.3, 0.4) is 0 Å². The summed E-state index contributed by atoms with van der Waals surface area (Å²) >= 11 is 0. The molecule has 0 bridgehead atoms. The molecule has 0 aromatic heterocycles. The van der Waals surface area contributed by atoms with Crippen LogP contribution in [-0.2, 0) is 10.8 Å². The van der Waals surface area contributed by atoms with Crippen molar-refractivity contribution in [3.63, 3.8) is 0 Å². The monoisotopic (exact) mass is 306 g/mol. The van der Waals surface area contributed by atoms with Crippen molar-refractivity contribution in [3.05, 3.63) is 29.3 Å². The molecule has 0 N–H and O–H groups in total. The highest BCUT2D eigenvalue weighted by molar-refractivity contribution is 5.44. The highest BCUT2D eigenvalue weighted by Gasteiger charge is 2.26. The molecule has 1 nitrogen and oxygen atoms in total. The summed E-state index contributed by atoms with van der Waals surface area (Å²) in [4.78, 5) is 0. The van der Waals surface area contributed by atoms with E-state index in [2.05, 4.69) is 73.6 Å². The predicted molar refractivity (Wildman–Crippen MR) is 100 cm³/mol. The summed E-state index contributed by atoms with van der Waals surface area (Å²) in [6.07, 6.45) is 2.47. The maximum absolute atomic E-state index is 6.03. The van der Waals surface area contributed by atoms with Crippen LogP contribution in [0.25, 0.3) is 0 Å². The van der Waals surface area contributed by atoms with Crippen LogP contribution in [0.15, 0.2) is 18.2 Å². The van der Waals surface area contributed by atoms with E-state index in [4.69, 9.17) is 4.74 Å². The number of ether oxygens (including phenoxy) is 1. The maximum Gasteiger partial charge on any atom is 0.123 e. The Bertz CT molecular complexity index is 441. The molecule has 0 amide bonds. The summed E-state index contributed by atoms with van der Waals surface area (Å²) in [6.45, 7) is 21.9. The molecule has 0 spiro atoms. The largest absolute Gasteiger partial charge is 0.491 e. The molecule has 0 aliphatic heterocycles. The summed E-state index contributed by atoms with van der Waals surface area (Å²) in [6, 6.07) is 6.76. The topological polar surface area (TPSA) is 9.23 Å². The Labute approximate surface area is 139 Å². The molecule has 0 unspecified atom stereocenters. The van der Waals surface area contributed by atoms with Gasteiger partial charge in [0.2, 0.25) is 0 Å². The van der Waals surface area contributed by atoms with Crippen LogP contribution in [-0.4, -0.2) is 6.10 Å². The van der Waals surface area contributed by atoms with Gasteiger partial charge in [0, 0.05) is 5.56 Å². The van der Waals surface area contributed by atoms with Gasteiger partial charge in [-0.15, -0.1) is 0 Å². The molecular weight excluding hydrogens is 268 g/mol. The zero-order chi connectivity index (χ0) is 17.6. The molecule has 0 saturated carbocycles. The lowest BCUT2D eigenvalue weighted by atomic mass is 9.76. The van der Waals surface area contributed by atoms with Crippen molar-refractivity contribution in [2.45, 2.75) is 99.0 Å². The lowest BCUT2D eigenvalue weighted by Crippen LogP contribution is -2.22. The highest BCUT2D eigenvalue weighted by atomic mass is 16.5. The Kier molecular flexibility index (Phi) is 8.22. The Morgan fingerprint density at radius 2 is 1.41 bits per heavy atom. The van der Waals surface area contributed by atoms with Crippen molar-refractivity contribution < 1.29 is 4.74 Å². The first-order chi connectivity index (χ1) is 10.1. The Morgan fingerprint density at radius 1 is 0.909 bits per heavy atom. The highest BCUT2D eigenvalue weighted by Crippen LogP contribution is 2.38. The zero-order valence-corrected chi connectivity index (χ0v) is 16.6. The SMILES string of the molecule is CC.CCC(C)(C)c1ccc(OC(C)C)c(C(C)(C)CC)c1. The van der Waals surface area contributed by atoms with E-state index in [0.29, 0.717) is 0 Å². The molecule has 0 saturated heterocycles. The van der Waals surface area contributed by atoms with E-state index in [1.54, 1.807) is 0 Å². The maximum atomic E-state index is 6.03. The van der Waals surface area contributed by atoms with Gasteiger partial charge >= 0.3 is 0 Å². The summed E-state index contributed by atoms with van der Waals surface area (Å²) in [5.74, 6) is 1.04. The molecular formula is C21H38O. The van der Waals surface area contributed by atoms with Gasteiger partial charge in [0.1, 0.15) is 5.75 Å². The first-order valence-electron chi connectivity index (χ1n) is 8.95. The van der Waals surface area contributed by atoms with Gasteiger partial charge in [0.05, 0.1) is 6.10 Å². The minimum Gasteiger partial charge on any atom is -0.491 e. The molecule has 1 rings (SSSR count). The second-order valence-electron chi connectivity index (χ2n) is 7.35. The third-order valence-corrected chi connectivity index (χ3v) is 4.62. The first kappa shape index (κ1) is 21.0. The quantitative estimate of drug-likeness (QED) is 0.557. The third kappa shape index (κ3) is 5.34.